The highest BCUT2D eigenvalue weighted by Gasteiger charge is 2.41. The van der Waals surface area contributed by atoms with E-state index in [9.17, 15) is 17.2 Å². The Morgan fingerprint density at radius 1 is 1.36 bits per heavy atom. The van der Waals surface area contributed by atoms with E-state index in [1.165, 1.54) is 7.11 Å². The summed E-state index contributed by atoms with van der Waals surface area (Å²) in [5, 5.41) is 0. The molecule has 1 unspecified atom stereocenters. The minimum absolute atomic E-state index is 0.00330. The lowest BCUT2D eigenvalue weighted by Gasteiger charge is -2.41. The van der Waals surface area contributed by atoms with E-state index in [-0.39, 0.29) is 19.7 Å². The zero-order valence-corrected chi connectivity index (χ0v) is 13.5. The molecular weight excluding hydrogens is 316 g/mol. The molecule has 1 saturated heterocycles. The van der Waals surface area contributed by atoms with Crippen LogP contribution in [0.5, 0.6) is 0 Å². The van der Waals surface area contributed by atoms with Crippen molar-refractivity contribution in [1.29, 1.82) is 0 Å². The summed E-state index contributed by atoms with van der Waals surface area (Å²) >= 11 is 0. The second-order valence-corrected chi connectivity index (χ2v) is 7.68. The second kappa shape index (κ2) is 6.19. The van der Waals surface area contributed by atoms with E-state index >= 15 is 0 Å². The first-order chi connectivity index (χ1) is 10.2. The molecule has 5 nitrogen and oxygen atoms in total. The number of methoxy groups -OCH3 is 1. The van der Waals surface area contributed by atoms with Gasteiger partial charge < -0.3 is 9.47 Å². The topological polar surface area (TPSA) is 55.8 Å². The lowest BCUT2D eigenvalue weighted by molar-refractivity contribution is -0.135. The van der Waals surface area contributed by atoms with Crippen molar-refractivity contribution >= 4 is 10.0 Å². The molecule has 1 aliphatic rings. The van der Waals surface area contributed by atoms with E-state index < -0.39 is 38.3 Å². The molecule has 0 spiro atoms. The van der Waals surface area contributed by atoms with Crippen LogP contribution in [-0.2, 0) is 19.5 Å². The summed E-state index contributed by atoms with van der Waals surface area (Å²) in [6, 6.07) is 2.98. The summed E-state index contributed by atoms with van der Waals surface area (Å²) in [5.41, 5.74) is -0.781. The quantitative estimate of drug-likeness (QED) is 0.842. The fraction of sp³-hybridized carbons (Fsp3) is 0.571. The fourth-order valence-corrected chi connectivity index (χ4v) is 4.29. The Labute approximate surface area is 128 Å². The van der Waals surface area contributed by atoms with Gasteiger partial charge in [0.25, 0.3) is 0 Å². The molecule has 1 aromatic carbocycles. The number of nitrogens with zero attached hydrogens (tertiary/aromatic N) is 1. The van der Waals surface area contributed by atoms with Crippen LogP contribution in [0.1, 0.15) is 13.8 Å². The molecule has 2 rings (SSSR count). The number of benzene rings is 1. The highest BCUT2D eigenvalue weighted by molar-refractivity contribution is 7.89. The van der Waals surface area contributed by atoms with E-state index in [1.807, 2.05) is 0 Å². The Balaban J connectivity index is 2.40. The molecule has 124 valence electrons. The molecule has 0 N–H and O–H groups in total. The summed E-state index contributed by atoms with van der Waals surface area (Å²) in [6.07, 6.45) is -0.502. The highest BCUT2D eigenvalue weighted by atomic mass is 32.2. The molecule has 1 aliphatic heterocycles. The molecule has 22 heavy (non-hydrogen) atoms. The van der Waals surface area contributed by atoms with Crippen LogP contribution >= 0.6 is 0 Å². The molecule has 0 aromatic heterocycles. The van der Waals surface area contributed by atoms with Gasteiger partial charge in [0.2, 0.25) is 10.0 Å². The summed E-state index contributed by atoms with van der Waals surface area (Å²) < 4.78 is 64.7. The van der Waals surface area contributed by atoms with Gasteiger partial charge in [-0.3, -0.25) is 0 Å². The van der Waals surface area contributed by atoms with Crippen LogP contribution in [0.25, 0.3) is 0 Å². The van der Waals surface area contributed by atoms with Crippen LogP contribution in [0.15, 0.2) is 23.1 Å². The van der Waals surface area contributed by atoms with Crippen molar-refractivity contribution < 1.29 is 26.7 Å². The molecule has 0 aliphatic carbocycles. The first-order valence-corrected chi connectivity index (χ1v) is 8.22. The molecular formula is C14H19F2NO4S. The van der Waals surface area contributed by atoms with Crippen LogP contribution in [0, 0.1) is 11.6 Å². The lowest BCUT2D eigenvalue weighted by Crippen LogP contribution is -2.55. The van der Waals surface area contributed by atoms with Crippen molar-refractivity contribution in [3.63, 3.8) is 0 Å². The van der Waals surface area contributed by atoms with E-state index in [2.05, 4.69) is 0 Å². The van der Waals surface area contributed by atoms with Crippen LogP contribution in [0.4, 0.5) is 8.78 Å². The summed E-state index contributed by atoms with van der Waals surface area (Å²) in [7, 11) is -2.83. The Morgan fingerprint density at radius 2 is 1.95 bits per heavy atom. The normalized spacial score (nSPS) is 22.7. The lowest BCUT2D eigenvalue weighted by atomic mass is 10.1. The minimum atomic E-state index is -4.30. The largest absolute Gasteiger partial charge is 0.382 e. The Hall–Kier alpha value is -1.09. The standard InChI is InChI=1S/C14H19F2NO4S/c1-14(2)9-17(7-10(21-14)8-20-3)22(18,19)13-11(15)5-4-6-12(13)16/h4-6,10H,7-9H2,1-3H3. The van der Waals surface area contributed by atoms with Crippen molar-refractivity contribution in [2.45, 2.75) is 30.4 Å². The van der Waals surface area contributed by atoms with Gasteiger partial charge in [0.1, 0.15) is 11.6 Å². The van der Waals surface area contributed by atoms with Gasteiger partial charge >= 0.3 is 0 Å². The Bertz CT molecular complexity index is 628. The zero-order chi connectivity index (χ0) is 16.5. The van der Waals surface area contributed by atoms with Gasteiger partial charge in [-0.15, -0.1) is 0 Å². The molecule has 8 heteroatoms. The number of hydrogen-bond donors (Lipinski definition) is 0. The predicted molar refractivity (Wildman–Crippen MR) is 75.9 cm³/mol. The van der Waals surface area contributed by atoms with Crippen molar-refractivity contribution in [3.8, 4) is 0 Å². The molecule has 0 radical (unpaired) electrons. The van der Waals surface area contributed by atoms with Crippen LogP contribution in [0.3, 0.4) is 0 Å². The number of morpholine rings is 1. The highest BCUT2D eigenvalue weighted by Crippen LogP contribution is 2.29. The molecule has 0 bridgehead atoms. The van der Waals surface area contributed by atoms with E-state index in [0.29, 0.717) is 0 Å². The van der Waals surface area contributed by atoms with Crippen molar-refractivity contribution in [2.24, 2.45) is 0 Å². The van der Waals surface area contributed by atoms with Crippen molar-refractivity contribution in [2.75, 3.05) is 26.8 Å². The van der Waals surface area contributed by atoms with E-state index in [4.69, 9.17) is 9.47 Å². The molecule has 1 atom stereocenters. The van der Waals surface area contributed by atoms with Gasteiger partial charge in [0, 0.05) is 20.2 Å². The first-order valence-electron chi connectivity index (χ1n) is 6.78. The minimum Gasteiger partial charge on any atom is -0.382 e. The number of hydrogen-bond acceptors (Lipinski definition) is 4. The fourth-order valence-electron chi connectivity index (χ4n) is 2.56. The average Bonchev–Trinajstić information content (AvgIpc) is 2.36. The molecule has 1 fully saturated rings. The maximum Gasteiger partial charge on any atom is 0.249 e. The molecule has 0 amide bonds. The van der Waals surface area contributed by atoms with Crippen molar-refractivity contribution in [3.05, 3.63) is 29.8 Å². The third-order valence-corrected chi connectivity index (χ3v) is 5.18. The SMILES string of the molecule is COCC1CN(S(=O)(=O)c2c(F)cccc2F)CC(C)(C)O1. The monoisotopic (exact) mass is 335 g/mol. The predicted octanol–water partition coefficient (Wildman–Crippen LogP) is 1.78. The molecule has 0 saturated carbocycles. The maximum absolute atomic E-state index is 13.8. The second-order valence-electron chi connectivity index (χ2n) is 5.80. The first kappa shape index (κ1) is 17.3. The summed E-state index contributed by atoms with van der Waals surface area (Å²) in [5.74, 6) is -2.21. The molecule has 1 aromatic rings. The third-order valence-electron chi connectivity index (χ3n) is 3.32. The Kier molecular flexibility index (Phi) is 4.86. The van der Waals surface area contributed by atoms with Crippen LogP contribution in [0.2, 0.25) is 0 Å². The number of halogens is 2. The zero-order valence-electron chi connectivity index (χ0n) is 12.7. The summed E-state index contributed by atoms with van der Waals surface area (Å²) in [4.78, 5) is -0.927. The summed E-state index contributed by atoms with van der Waals surface area (Å²) in [6.45, 7) is 3.61. The van der Waals surface area contributed by atoms with Crippen LogP contribution in [-0.4, -0.2) is 51.2 Å². The van der Waals surface area contributed by atoms with Gasteiger partial charge in [-0.1, -0.05) is 6.07 Å². The van der Waals surface area contributed by atoms with Gasteiger partial charge in [0.15, 0.2) is 4.90 Å². The number of sulfonamides is 1. The van der Waals surface area contributed by atoms with E-state index in [1.54, 1.807) is 13.8 Å². The number of ether oxygens (including phenoxy) is 2. The Morgan fingerprint density at radius 3 is 2.50 bits per heavy atom. The average molecular weight is 335 g/mol. The van der Waals surface area contributed by atoms with Gasteiger partial charge in [-0.05, 0) is 26.0 Å². The van der Waals surface area contributed by atoms with Crippen LogP contribution < -0.4 is 0 Å². The molecule has 1 heterocycles. The van der Waals surface area contributed by atoms with E-state index in [0.717, 1.165) is 22.5 Å². The number of rotatable bonds is 4. The smallest absolute Gasteiger partial charge is 0.249 e. The van der Waals surface area contributed by atoms with Gasteiger partial charge in [0.05, 0.1) is 18.3 Å². The van der Waals surface area contributed by atoms with Gasteiger partial charge in [-0.2, -0.15) is 4.31 Å². The van der Waals surface area contributed by atoms with Crippen molar-refractivity contribution in [1.82, 2.24) is 4.31 Å². The van der Waals surface area contributed by atoms with Gasteiger partial charge in [-0.25, -0.2) is 17.2 Å². The third kappa shape index (κ3) is 3.45. The maximum atomic E-state index is 13.8.